The molecule has 3 saturated heterocycles. The molecule has 1 N–H and O–H groups in total. The van der Waals surface area contributed by atoms with Crippen molar-refractivity contribution in [2.45, 2.75) is 39.0 Å². The molecule has 26 heavy (non-hydrogen) atoms. The van der Waals surface area contributed by atoms with E-state index >= 15 is 0 Å². The Balaban J connectivity index is 0.00000169. The zero-order valence-electron chi connectivity index (χ0n) is 16.2. The summed E-state index contributed by atoms with van der Waals surface area (Å²) in [7, 11) is 0. The lowest BCUT2D eigenvalue weighted by atomic mass is 9.85. The molecular formula is C19H37Cl2N3O2. The summed E-state index contributed by atoms with van der Waals surface area (Å²) < 4.78 is 5.44. The van der Waals surface area contributed by atoms with Gasteiger partial charge in [0.05, 0.1) is 13.2 Å². The Morgan fingerprint density at radius 2 is 1.92 bits per heavy atom. The molecule has 3 unspecified atom stereocenters. The lowest BCUT2D eigenvalue weighted by Gasteiger charge is -2.37. The highest BCUT2D eigenvalue weighted by Crippen LogP contribution is 2.25. The predicted octanol–water partition coefficient (Wildman–Crippen LogP) is 2.43. The van der Waals surface area contributed by atoms with Crippen molar-refractivity contribution in [1.82, 2.24) is 15.1 Å². The number of carbonyl (C=O) groups excluding carboxylic acids is 1. The average molecular weight is 410 g/mol. The molecular weight excluding hydrogens is 373 g/mol. The quantitative estimate of drug-likeness (QED) is 0.756. The van der Waals surface area contributed by atoms with Crippen LogP contribution in [0.25, 0.3) is 0 Å². The summed E-state index contributed by atoms with van der Waals surface area (Å²) in [5.41, 5.74) is 0. The summed E-state index contributed by atoms with van der Waals surface area (Å²) >= 11 is 0. The maximum absolute atomic E-state index is 12.8. The van der Waals surface area contributed by atoms with E-state index in [9.17, 15) is 4.79 Å². The number of halogens is 2. The van der Waals surface area contributed by atoms with E-state index in [2.05, 4.69) is 22.0 Å². The number of nitrogens with one attached hydrogen (secondary N) is 1. The zero-order chi connectivity index (χ0) is 16.8. The smallest absolute Gasteiger partial charge is 0.222 e. The van der Waals surface area contributed by atoms with E-state index in [0.29, 0.717) is 23.7 Å². The van der Waals surface area contributed by atoms with E-state index in [0.717, 1.165) is 65.4 Å². The lowest BCUT2D eigenvalue weighted by molar-refractivity contribution is -0.134. The maximum Gasteiger partial charge on any atom is 0.222 e. The molecule has 0 saturated carbocycles. The van der Waals surface area contributed by atoms with Gasteiger partial charge in [-0.05, 0) is 56.5 Å². The summed E-state index contributed by atoms with van der Waals surface area (Å²) in [6.45, 7) is 11.4. The Morgan fingerprint density at radius 3 is 2.62 bits per heavy atom. The molecule has 5 nitrogen and oxygen atoms in total. The summed E-state index contributed by atoms with van der Waals surface area (Å²) in [5.74, 6) is 2.22. The van der Waals surface area contributed by atoms with Gasteiger partial charge in [-0.1, -0.05) is 6.92 Å². The summed E-state index contributed by atoms with van der Waals surface area (Å²) in [5, 5.41) is 3.48. The predicted molar refractivity (Wildman–Crippen MR) is 110 cm³/mol. The topological polar surface area (TPSA) is 44.8 Å². The van der Waals surface area contributed by atoms with Crippen LogP contribution in [0.15, 0.2) is 0 Å². The summed E-state index contributed by atoms with van der Waals surface area (Å²) in [4.78, 5) is 17.4. The molecule has 1 amide bonds. The molecule has 3 aliphatic rings. The van der Waals surface area contributed by atoms with Crippen LogP contribution in [0, 0.1) is 17.8 Å². The van der Waals surface area contributed by atoms with Crippen LogP contribution in [0.5, 0.6) is 0 Å². The summed E-state index contributed by atoms with van der Waals surface area (Å²) in [6, 6.07) is 0. The molecule has 0 aliphatic carbocycles. The van der Waals surface area contributed by atoms with Crippen molar-refractivity contribution in [3.05, 3.63) is 0 Å². The van der Waals surface area contributed by atoms with Gasteiger partial charge in [0.15, 0.2) is 0 Å². The highest BCUT2D eigenvalue weighted by molar-refractivity contribution is 5.85. The summed E-state index contributed by atoms with van der Waals surface area (Å²) in [6.07, 6.45) is 5.70. The molecule has 3 heterocycles. The van der Waals surface area contributed by atoms with E-state index in [1.165, 1.54) is 25.7 Å². The van der Waals surface area contributed by atoms with Gasteiger partial charge in [0.2, 0.25) is 5.91 Å². The van der Waals surface area contributed by atoms with E-state index in [1.54, 1.807) is 0 Å². The molecule has 0 spiro atoms. The number of ether oxygens (including phenoxy) is 1. The molecule has 3 rings (SSSR count). The maximum atomic E-state index is 12.8. The normalized spacial score (nSPS) is 28.6. The highest BCUT2D eigenvalue weighted by Gasteiger charge is 2.28. The highest BCUT2D eigenvalue weighted by atomic mass is 35.5. The van der Waals surface area contributed by atoms with E-state index in [4.69, 9.17) is 4.74 Å². The standard InChI is InChI=1S/C19H35N3O2.2ClH/c1-16(18-5-2-6-20-13-18)12-19(23)22-7-3-4-17(15-22)14-21-8-10-24-11-9-21;;/h16-18,20H,2-15H2,1H3;2*1H. The molecule has 7 heteroatoms. The van der Waals surface area contributed by atoms with Crippen molar-refractivity contribution in [3.8, 4) is 0 Å². The molecule has 0 radical (unpaired) electrons. The Labute approximate surface area is 171 Å². The van der Waals surface area contributed by atoms with Crippen molar-refractivity contribution >= 4 is 30.7 Å². The Kier molecular flexibility index (Phi) is 11.4. The lowest BCUT2D eigenvalue weighted by Crippen LogP contribution is -2.46. The van der Waals surface area contributed by atoms with Gasteiger partial charge < -0.3 is 15.0 Å². The minimum absolute atomic E-state index is 0. The SMILES string of the molecule is CC(CC(=O)N1CCCC(CN2CCOCC2)C1)C1CCCNC1.Cl.Cl. The molecule has 0 bridgehead atoms. The Hall–Kier alpha value is -0.0700. The van der Waals surface area contributed by atoms with Crippen molar-refractivity contribution < 1.29 is 9.53 Å². The fourth-order valence-electron chi connectivity index (χ4n) is 4.53. The van der Waals surface area contributed by atoms with Crippen LogP contribution >= 0.6 is 24.8 Å². The van der Waals surface area contributed by atoms with Crippen LogP contribution in [0.4, 0.5) is 0 Å². The number of likely N-dealkylation sites (tertiary alicyclic amines) is 1. The van der Waals surface area contributed by atoms with Gasteiger partial charge in [-0.2, -0.15) is 0 Å². The third kappa shape index (κ3) is 7.16. The van der Waals surface area contributed by atoms with Crippen LogP contribution in [0.1, 0.15) is 39.0 Å². The third-order valence-electron chi connectivity index (χ3n) is 6.13. The van der Waals surface area contributed by atoms with Gasteiger partial charge >= 0.3 is 0 Å². The third-order valence-corrected chi connectivity index (χ3v) is 6.13. The van der Waals surface area contributed by atoms with Gasteiger partial charge in [0.1, 0.15) is 0 Å². The number of piperidine rings is 2. The number of nitrogens with zero attached hydrogens (tertiary/aromatic N) is 2. The van der Waals surface area contributed by atoms with Crippen LogP contribution in [-0.2, 0) is 9.53 Å². The first-order valence-corrected chi connectivity index (χ1v) is 10.0. The molecule has 0 aromatic carbocycles. The van der Waals surface area contributed by atoms with Crippen molar-refractivity contribution in [2.24, 2.45) is 17.8 Å². The van der Waals surface area contributed by atoms with Crippen molar-refractivity contribution in [2.75, 3.05) is 59.0 Å². The Morgan fingerprint density at radius 1 is 1.15 bits per heavy atom. The molecule has 3 atom stereocenters. The minimum Gasteiger partial charge on any atom is -0.379 e. The van der Waals surface area contributed by atoms with E-state index in [-0.39, 0.29) is 24.8 Å². The largest absolute Gasteiger partial charge is 0.379 e. The van der Waals surface area contributed by atoms with Crippen LogP contribution in [0.3, 0.4) is 0 Å². The molecule has 3 fully saturated rings. The average Bonchev–Trinajstić information content (AvgIpc) is 2.63. The number of carbonyl (C=O) groups is 1. The number of amides is 1. The second kappa shape index (κ2) is 12.4. The number of morpholine rings is 1. The number of hydrogen-bond acceptors (Lipinski definition) is 4. The second-order valence-corrected chi connectivity index (χ2v) is 8.05. The van der Waals surface area contributed by atoms with Gasteiger partial charge in [0, 0.05) is 39.1 Å². The monoisotopic (exact) mass is 409 g/mol. The molecule has 154 valence electrons. The molecule has 0 aromatic rings. The van der Waals surface area contributed by atoms with Gasteiger partial charge in [-0.3, -0.25) is 9.69 Å². The van der Waals surface area contributed by atoms with Crippen molar-refractivity contribution in [3.63, 3.8) is 0 Å². The van der Waals surface area contributed by atoms with Crippen LogP contribution in [-0.4, -0.2) is 74.7 Å². The van der Waals surface area contributed by atoms with Gasteiger partial charge in [0.25, 0.3) is 0 Å². The van der Waals surface area contributed by atoms with Crippen LogP contribution in [0.2, 0.25) is 0 Å². The zero-order valence-corrected chi connectivity index (χ0v) is 17.8. The van der Waals surface area contributed by atoms with E-state index < -0.39 is 0 Å². The number of hydrogen-bond donors (Lipinski definition) is 1. The number of rotatable bonds is 5. The fourth-order valence-corrected chi connectivity index (χ4v) is 4.53. The van der Waals surface area contributed by atoms with Crippen LogP contribution < -0.4 is 5.32 Å². The minimum atomic E-state index is 0. The Bertz CT molecular complexity index is 402. The second-order valence-electron chi connectivity index (χ2n) is 8.05. The fraction of sp³-hybridized carbons (Fsp3) is 0.947. The van der Waals surface area contributed by atoms with E-state index in [1.807, 2.05) is 0 Å². The van der Waals surface area contributed by atoms with Gasteiger partial charge in [-0.15, -0.1) is 24.8 Å². The molecule has 0 aromatic heterocycles. The molecule has 3 aliphatic heterocycles. The van der Waals surface area contributed by atoms with Gasteiger partial charge in [-0.25, -0.2) is 0 Å². The first-order chi connectivity index (χ1) is 11.7. The van der Waals surface area contributed by atoms with Crippen molar-refractivity contribution in [1.29, 1.82) is 0 Å². The first-order valence-electron chi connectivity index (χ1n) is 10.0. The first kappa shape index (κ1) is 24.0.